The van der Waals surface area contributed by atoms with Gasteiger partial charge in [-0.05, 0) is 45.7 Å². The fourth-order valence-corrected chi connectivity index (χ4v) is 2.99. The van der Waals surface area contributed by atoms with E-state index in [0.717, 1.165) is 50.5 Å². The van der Waals surface area contributed by atoms with Crippen LogP contribution in [0.3, 0.4) is 0 Å². The van der Waals surface area contributed by atoms with Gasteiger partial charge in [0.05, 0.1) is 12.0 Å². The molecular formula is C16H22N4O2. The van der Waals surface area contributed by atoms with Gasteiger partial charge in [-0.25, -0.2) is 9.97 Å². The highest BCUT2D eigenvalue weighted by Crippen LogP contribution is 2.20. The Morgan fingerprint density at radius 2 is 2.09 bits per heavy atom. The van der Waals surface area contributed by atoms with E-state index in [2.05, 4.69) is 14.9 Å². The van der Waals surface area contributed by atoms with E-state index in [4.69, 9.17) is 4.42 Å². The van der Waals surface area contributed by atoms with Crippen LogP contribution in [0.15, 0.2) is 28.1 Å². The van der Waals surface area contributed by atoms with Crippen molar-refractivity contribution in [1.29, 1.82) is 0 Å². The minimum Gasteiger partial charge on any atom is -0.448 e. The number of hydrogen-bond acceptors (Lipinski definition) is 5. The van der Waals surface area contributed by atoms with Gasteiger partial charge in [-0.15, -0.1) is 0 Å². The van der Waals surface area contributed by atoms with E-state index in [1.165, 1.54) is 6.39 Å². The predicted octanol–water partition coefficient (Wildman–Crippen LogP) is 1.76. The maximum Gasteiger partial charge on any atom is 0.256 e. The molecule has 6 heteroatoms. The minimum atomic E-state index is 0.0793. The number of aryl methyl sites for hydroxylation is 2. The molecule has 1 saturated heterocycles. The molecule has 22 heavy (non-hydrogen) atoms. The van der Waals surface area contributed by atoms with E-state index in [0.29, 0.717) is 11.5 Å². The van der Waals surface area contributed by atoms with Gasteiger partial charge >= 0.3 is 0 Å². The molecule has 3 rings (SSSR count). The lowest BCUT2D eigenvalue weighted by atomic mass is 9.96. The lowest BCUT2D eigenvalue weighted by Gasteiger charge is -2.31. The van der Waals surface area contributed by atoms with Gasteiger partial charge in [-0.1, -0.05) is 0 Å². The standard InChI is InChI=1S/C16H22N4O2/c1-12-7-17-10-20(16(12)21)8-14-3-5-19(6-4-14)9-15-13(2)22-11-18-15/h7,10-11,14H,3-6,8-9H2,1-2H3. The van der Waals surface area contributed by atoms with Gasteiger partial charge in [-0.2, -0.15) is 0 Å². The molecule has 3 heterocycles. The fourth-order valence-electron chi connectivity index (χ4n) is 2.99. The molecule has 1 aliphatic heterocycles. The molecule has 0 spiro atoms. The first kappa shape index (κ1) is 15.0. The van der Waals surface area contributed by atoms with Crippen LogP contribution in [0.25, 0.3) is 0 Å². The van der Waals surface area contributed by atoms with Gasteiger partial charge in [0.1, 0.15) is 5.76 Å². The van der Waals surface area contributed by atoms with E-state index in [-0.39, 0.29) is 5.56 Å². The zero-order valence-electron chi connectivity index (χ0n) is 13.2. The summed E-state index contributed by atoms with van der Waals surface area (Å²) in [6.45, 7) is 7.45. The van der Waals surface area contributed by atoms with E-state index in [1.807, 2.05) is 13.8 Å². The quantitative estimate of drug-likeness (QED) is 0.861. The number of oxazole rings is 1. The average molecular weight is 302 g/mol. The van der Waals surface area contributed by atoms with E-state index < -0.39 is 0 Å². The highest BCUT2D eigenvalue weighted by Gasteiger charge is 2.21. The Kier molecular flexibility index (Phi) is 4.38. The smallest absolute Gasteiger partial charge is 0.256 e. The lowest BCUT2D eigenvalue weighted by Crippen LogP contribution is -2.36. The highest BCUT2D eigenvalue weighted by atomic mass is 16.3. The molecule has 0 N–H and O–H groups in total. The molecule has 1 fully saturated rings. The van der Waals surface area contributed by atoms with Gasteiger partial charge < -0.3 is 4.42 Å². The summed E-state index contributed by atoms with van der Waals surface area (Å²) in [6.07, 6.45) is 6.98. The monoisotopic (exact) mass is 302 g/mol. The highest BCUT2D eigenvalue weighted by molar-refractivity contribution is 5.04. The molecule has 6 nitrogen and oxygen atoms in total. The van der Waals surface area contributed by atoms with Crippen molar-refractivity contribution < 1.29 is 4.42 Å². The van der Waals surface area contributed by atoms with Gasteiger partial charge in [-0.3, -0.25) is 14.3 Å². The molecule has 0 unspecified atom stereocenters. The van der Waals surface area contributed by atoms with Crippen LogP contribution in [0.1, 0.15) is 29.9 Å². The van der Waals surface area contributed by atoms with Crippen LogP contribution in [0.5, 0.6) is 0 Å². The molecule has 0 aliphatic carbocycles. The molecule has 2 aromatic rings. The number of rotatable bonds is 4. The summed E-state index contributed by atoms with van der Waals surface area (Å²) in [4.78, 5) is 22.8. The van der Waals surface area contributed by atoms with Crippen LogP contribution in [0, 0.1) is 19.8 Å². The molecule has 118 valence electrons. The Balaban J connectivity index is 1.55. The Morgan fingerprint density at radius 3 is 2.77 bits per heavy atom. The normalized spacial score (nSPS) is 17.0. The van der Waals surface area contributed by atoms with Crippen molar-refractivity contribution in [3.05, 3.63) is 46.3 Å². The maximum absolute atomic E-state index is 12.0. The summed E-state index contributed by atoms with van der Waals surface area (Å²) in [5, 5.41) is 0. The molecule has 0 radical (unpaired) electrons. The van der Waals surface area contributed by atoms with Crippen LogP contribution < -0.4 is 5.56 Å². The Bertz CT molecular complexity index is 683. The molecule has 0 aromatic carbocycles. The summed E-state index contributed by atoms with van der Waals surface area (Å²) in [5.41, 5.74) is 1.81. The third kappa shape index (κ3) is 3.27. The summed E-state index contributed by atoms with van der Waals surface area (Å²) < 4.78 is 7.00. The van der Waals surface area contributed by atoms with Crippen molar-refractivity contribution >= 4 is 0 Å². The van der Waals surface area contributed by atoms with Crippen molar-refractivity contribution in [2.45, 2.75) is 39.8 Å². The van der Waals surface area contributed by atoms with Gasteiger partial charge in [0.25, 0.3) is 5.56 Å². The zero-order chi connectivity index (χ0) is 15.5. The lowest BCUT2D eigenvalue weighted by molar-refractivity contribution is 0.164. The summed E-state index contributed by atoms with van der Waals surface area (Å²) in [7, 11) is 0. The average Bonchev–Trinajstić information content (AvgIpc) is 2.91. The Labute approximate surface area is 129 Å². The molecule has 2 aromatic heterocycles. The van der Waals surface area contributed by atoms with Crippen LogP contribution in [-0.2, 0) is 13.1 Å². The second-order valence-corrected chi connectivity index (χ2v) is 6.11. The summed E-state index contributed by atoms with van der Waals surface area (Å²) >= 11 is 0. The molecular weight excluding hydrogens is 280 g/mol. The fraction of sp³-hybridized carbons (Fsp3) is 0.562. The number of aromatic nitrogens is 3. The third-order valence-electron chi connectivity index (χ3n) is 4.45. The van der Waals surface area contributed by atoms with Crippen LogP contribution in [0.4, 0.5) is 0 Å². The second-order valence-electron chi connectivity index (χ2n) is 6.11. The van der Waals surface area contributed by atoms with Crippen molar-refractivity contribution in [2.75, 3.05) is 13.1 Å². The SMILES string of the molecule is Cc1ocnc1CN1CCC(Cn2cncc(C)c2=O)CC1. The molecule has 1 aliphatic rings. The van der Waals surface area contributed by atoms with Crippen LogP contribution >= 0.6 is 0 Å². The number of likely N-dealkylation sites (tertiary alicyclic amines) is 1. The first-order chi connectivity index (χ1) is 10.6. The van der Waals surface area contributed by atoms with Crippen LogP contribution in [-0.4, -0.2) is 32.5 Å². The molecule has 0 saturated carbocycles. The summed E-state index contributed by atoms with van der Waals surface area (Å²) in [5.74, 6) is 1.44. The molecule has 0 bridgehead atoms. The molecule has 0 atom stereocenters. The zero-order valence-corrected chi connectivity index (χ0v) is 13.2. The number of piperidine rings is 1. The maximum atomic E-state index is 12.0. The predicted molar refractivity (Wildman–Crippen MR) is 82.5 cm³/mol. The summed E-state index contributed by atoms with van der Waals surface area (Å²) in [6, 6.07) is 0. The third-order valence-corrected chi connectivity index (χ3v) is 4.45. The van der Waals surface area contributed by atoms with Crippen molar-refractivity contribution in [3.63, 3.8) is 0 Å². The van der Waals surface area contributed by atoms with E-state index >= 15 is 0 Å². The first-order valence-corrected chi connectivity index (χ1v) is 7.76. The van der Waals surface area contributed by atoms with Gasteiger partial charge in [0.15, 0.2) is 6.39 Å². The minimum absolute atomic E-state index is 0.0793. The van der Waals surface area contributed by atoms with Crippen molar-refractivity contribution in [1.82, 2.24) is 19.4 Å². The van der Waals surface area contributed by atoms with Gasteiger partial charge in [0, 0.05) is 24.8 Å². The first-order valence-electron chi connectivity index (χ1n) is 7.76. The second kappa shape index (κ2) is 6.44. The van der Waals surface area contributed by atoms with Crippen molar-refractivity contribution in [2.24, 2.45) is 5.92 Å². The van der Waals surface area contributed by atoms with Crippen molar-refractivity contribution in [3.8, 4) is 0 Å². The Hall–Kier alpha value is -1.95. The van der Waals surface area contributed by atoms with E-state index in [1.54, 1.807) is 17.1 Å². The number of nitrogens with zero attached hydrogens (tertiary/aromatic N) is 4. The van der Waals surface area contributed by atoms with E-state index in [9.17, 15) is 4.79 Å². The topological polar surface area (TPSA) is 64.2 Å². The van der Waals surface area contributed by atoms with Gasteiger partial charge in [0.2, 0.25) is 0 Å². The largest absolute Gasteiger partial charge is 0.448 e. The van der Waals surface area contributed by atoms with Crippen LogP contribution in [0.2, 0.25) is 0 Å². The Morgan fingerprint density at radius 1 is 1.32 bits per heavy atom. The molecule has 0 amide bonds. The number of hydrogen-bond donors (Lipinski definition) is 0.